The van der Waals surface area contributed by atoms with E-state index in [4.69, 9.17) is 23.9 Å². The van der Waals surface area contributed by atoms with Gasteiger partial charge in [-0.05, 0) is 85.8 Å². The van der Waals surface area contributed by atoms with Crippen LogP contribution in [0, 0.1) is 5.92 Å². The fraction of sp³-hybridized carbons (Fsp3) is 0.343. The number of hydrogen-bond acceptors (Lipinski definition) is 9. The van der Waals surface area contributed by atoms with E-state index >= 15 is 0 Å². The van der Waals surface area contributed by atoms with Crippen LogP contribution in [0.5, 0.6) is 23.0 Å². The van der Waals surface area contributed by atoms with E-state index in [0.29, 0.717) is 64.6 Å². The Morgan fingerprint density at radius 2 is 1.91 bits per heavy atom. The molecule has 1 N–H and O–H groups in total. The third kappa shape index (κ3) is 5.82. The van der Waals surface area contributed by atoms with Gasteiger partial charge in [-0.3, -0.25) is 14.5 Å². The van der Waals surface area contributed by atoms with Gasteiger partial charge in [-0.2, -0.15) is 0 Å². The lowest BCUT2D eigenvalue weighted by atomic mass is 9.94. The molecule has 1 amide bonds. The number of methoxy groups -OCH3 is 1. The van der Waals surface area contributed by atoms with E-state index in [9.17, 15) is 14.7 Å². The third-order valence-corrected chi connectivity index (χ3v) is 8.96. The first-order chi connectivity index (χ1) is 21.7. The number of carbonyl (C=O) groups excluding carboxylic acids is 2. The van der Waals surface area contributed by atoms with E-state index < -0.39 is 17.7 Å². The number of amides is 1. The summed E-state index contributed by atoms with van der Waals surface area (Å²) in [4.78, 5) is 33.8. The average molecular weight is 629 g/mol. The van der Waals surface area contributed by atoms with Crippen molar-refractivity contribution in [1.82, 2.24) is 4.98 Å². The SMILES string of the molecule is CCOc1cc([C@@H]2/C(=C(\O)c3ccc4c(c3)C[C@H](C)O4)C(=O)C(=O)N2c2nc3ccc(OC)cc3s2)ccc1OCCC(C)C. The predicted octanol–water partition coefficient (Wildman–Crippen LogP) is 7.08. The molecule has 0 aliphatic carbocycles. The van der Waals surface area contributed by atoms with Crippen LogP contribution in [-0.4, -0.2) is 48.2 Å². The summed E-state index contributed by atoms with van der Waals surface area (Å²) in [5.74, 6) is 1.09. The van der Waals surface area contributed by atoms with Gasteiger partial charge in [0.2, 0.25) is 0 Å². The fourth-order valence-electron chi connectivity index (χ4n) is 5.68. The minimum atomic E-state index is -0.972. The molecule has 0 saturated carbocycles. The maximum Gasteiger partial charge on any atom is 0.301 e. The van der Waals surface area contributed by atoms with Gasteiger partial charge in [0.15, 0.2) is 16.6 Å². The monoisotopic (exact) mass is 628 g/mol. The number of ether oxygens (including phenoxy) is 4. The summed E-state index contributed by atoms with van der Waals surface area (Å²) in [6.07, 6.45) is 1.57. The van der Waals surface area contributed by atoms with Crippen molar-refractivity contribution in [3.05, 3.63) is 76.9 Å². The van der Waals surface area contributed by atoms with Gasteiger partial charge >= 0.3 is 5.91 Å². The number of Topliss-reactive ketones (excluding diaryl/α,β-unsaturated/α-hetero) is 1. The van der Waals surface area contributed by atoms with Crippen LogP contribution in [0.1, 0.15) is 56.8 Å². The quantitative estimate of drug-likeness (QED) is 0.113. The molecule has 2 atom stereocenters. The van der Waals surface area contributed by atoms with Gasteiger partial charge in [0.05, 0.1) is 42.2 Å². The number of anilines is 1. The Balaban J connectivity index is 1.50. The normalized spacial score (nSPS) is 18.8. The number of aromatic nitrogens is 1. The smallest absolute Gasteiger partial charge is 0.301 e. The number of aliphatic hydroxyl groups excluding tert-OH is 1. The van der Waals surface area contributed by atoms with Crippen LogP contribution in [-0.2, 0) is 16.0 Å². The van der Waals surface area contributed by atoms with E-state index in [1.54, 1.807) is 43.5 Å². The number of fused-ring (bicyclic) bond motifs is 2. The van der Waals surface area contributed by atoms with Gasteiger partial charge in [-0.25, -0.2) is 4.98 Å². The predicted molar refractivity (Wildman–Crippen MR) is 174 cm³/mol. The summed E-state index contributed by atoms with van der Waals surface area (Å²) >= 11 is 1.27. The molecule has 234 valence electrons. The highest BCUT2D eigenvalue weighted by atomic mass is 32.1. The van der Waals surface area contributed by atoms with Gasteiger partial charge in [0.25, 0.3) is 5.78 Å². The lowest BCUT2D eigenvalue weighted by Crippen LogP contribution is -2.29. The first kappa shape index (κ1) is 30.5. The zero-order chi connectivity index (χ0) is 31.8. The van der Waals surface area contributed by atoms with Gasteiger partial charge in [-0.1, -0.05) is 31.3 Å². The molecule has 4 aromatic rings. The highest BCUT2D eigenvalue weighted by Gasteiger charge is 2.48. The molecule has 1 aromatic heterocycles. The van der Waals surface area contributed by atoms with Gasteiger partial charge in [0.1, 0.15) is 23.4 Å². The Kier molecular flexibility index (Phi) is 8.42. The average Bonchev–Trinajstić information content (AvgIpc) is 3.69. The van der Waals surface area contributed by atoms with Gasteiger partial charge in [-0.15, -0.1) is 0 Å². The summed E-state index contributed by atoms with van der Waals surface area (Å²) in [7, 11) is 1.58. The fourth-order valence-corrected chi connectivity index (χ4v) is 6.70. The van der Waals surface area contributed by atoms with E-state index in [-0.39, 0.29) is 17.4 Å². The lowest BCUT2D eigenvalue weighted by molar-refractivity contribution is -0.132. The Morgan fingerprint density at radius 1 is 1.09 bits per heavy atom. The second-order valence-electron chi connectivity index (χ2n) is 11.6. The molecule has 2 aliphatic rings. The van der Waals surface area contributed by atoms with E-state index in [1.807, 2.05) is 32.0 Å². The van der Waals surface area contributed by atoms with Crippen LogP contribution in [0.25, 0.3) is 16.0 Å². The van der Waals surface area contributed by atoms with Crippen LogP contribution >= 0.6 is 11.3 Å². The van der Waals surface area contributed by atoms with Crippen molar-refractivity contribution < 1.29 is 33.6 Å². The number of rotatable bonds is 10. The third-order valence-electron chi connectivity index (χ3n) is 7.94. The number of nitrogens with zero attached hydrogens (tertiary/aromatic N) is 2. The van der Waals surface area contributed by atoms with Crippen molar-refractivity contribution in [2.45, 2.75) is 52.7 Å². The highest BCUT2D eigenvalue weighted by molar-refractivity contribution is 7.22. The maximum absolute atomic E-state index is 13.8. The molecule has 0 bridgehead atoms. The first-order valence-corrected chi connectivity index (χ1v) is 15.9. The molecule has 0 radical (unpaired) electrons. The van der Waals surface area contributed by atoms with E-state index in [0.717, 1.165) is 22.4 Å². The Hall–Kier alpha value is -4.57. The van der Waals surface area contributed by atoms with Crippen molar-refractivity contribution in [1.29, 1.82) is 0 Å². The van der Waals surface area contributed by atoms with Gasteiger partial charge in [0, 0.05) is 12.0 Å². The second kappa shape index (κ2) is 12.4. The Morgan fingerprint density at radius 3 is 2.67 bits per heavy atom. The van der Waals surface area contributed by atoms with Crippen molar-refractivity contribution in [3.8, 4) is 23.0 Å². The van der Waals surface area contributed by atoms with Crippen molar-refractivity contribution >= 4 is 44.1 Å². The summed E-state index contributed by atoms with van der Waals surface area (Å²) in [6.45, 7) is 9.03. The standard InChI is InChI=1S/C35H36N2O7S/c1-6-42-28-17-21(7-12-27(28)43-14-13-19(2)3)31-30(32(38)22-8-11-26-23(16-22)15-20(4)44-26)33(39)34(40)37(31)35-36-25-10-9-24(41-5)18-29(25)45-35/h7-12,16-20,31,38H,6,13-15H2,1-5H3/b32-30+/t20-,31+/m0/s1. The molecular weight excluding hydrogens is 592 g/mol. The number of aliphatic hydroxyl groups is 1. The molecule has 3 aromatic carbocycles. The molecule has 0 unspecified atom stereocenters. The van der Waals surface area contributed by atoms with E-state index in [1.165, 1.54) is 16.2 Å². The molecule has 1 fully saturated rings. The van der Waals surface area contributed by atoms with Crippen LogP contribution in [0.4, 0.5) is 5.13 Å². The van der Waals surface area contributed by atoms with Crippen molar-refractivity contribution in [3.63, 3.8) is 0 Å². The largest absolute Gasteiger partial charge is 0.507 e. The lowest BCUT2D eigenvalue weighted by Gasteiger charge is -2.24. The van der Waals surface area contributed by atoms with E-state index in [2.05, 4.69) is 13.8 Å². The number of thiazole rings is 1. The Labute approximate surface area is 266 Å². The molecule has 2 aliphatic heterocycles. The number of benzene rings is 3. The van der Waals surface area contributed by atoms with Crippen LogP contribution in [0.15, 0.2) is 60.2 Å². The summed E-state index contributed by atoms with van der Waals surface area (Å²) in [6, 6.07) is 15.2. The minimum absolute atomic E-state index is 0.0129. The topological polar surface area (TPSA) is 107 Å². The Bertz CT molecular complexity index is 1810. The number of ketones is 1. The van der Waals surface area contributed by atoms with Gasteiger partial charge < -0.3 is 24.1 Å². The molecule has 0 spiro atoms. The number of hydrogen-bond donors (Lipinski definition) is 1. The highest BCUT2D eigenvalue weighted by Crippen LogP contribution is 2.46. The minimum Gasteiger partial charge on any atom is -0.507 e. The molecule has 45 heavy (non-hydrogen) atoms. The molecule has 1 saturated heterocycles. The zero-order valence-corrected chi connectivity index (χ0v) is 26.8. The molecule has 3 heterocycles. The van der Waals surface area contributed by atoms with Crippen LogP contribution in [0.3, 0.4) is 0 Å². The maximum atomic E-state index is 13.8. The van der Waals surface area contributed by atoms with Crippen LogP contribution in [0.2, 0.25) is 0 Å². The first-order valence-electron chi connectivity index (χ1n) is 15.1. The summed E-state index contributed by atoms with van der Waals surface area (Å²) in [5.41, 5.74) is 2.57. The van der Waals surface area contributed by atoms with Crippen molar-refractivity contribution in [2.75, 3.05) is 25.2 Å². The molecule has 6 rings (SSSR count). The summed E-state index contributed by atoms with van der Waals surface area (Å²) in [5, 5.41) is 12.1. The van der Waals surface area contributed by atoms with Crippen LogP contribution < -0.4 is 23.8 Å². The molecule has 10 heteroatoms. The zero-order valence-electron chi connectivity index (χ0n) is 26.0. The summed E-state index contributed by atoms with van der Waals surface area (Å²) < 4.78 is 24.0. The second-order valence-corrected chi connectivity index (χ2v) is 12.6. The van der Waals surface area contributed by atoms with Crippen molar-refractivity contribution in [2.24, 2.45) is 5.92 Å². The number of carbonyl (C=O) groups is 2. The molecular formula is C35H36N2O7S. The molecule has 9 nitrogen and oxygen atoms in total.